The zero-order valence-corrected chi connectivity index (χ0v) is 8.77. The van der Waals surface area contributed by atoms with Crippen molar-refractivity contribution in [2.45, 2.75) is 6.54 Å². The van der Waals surface area contributed by atoms with E-state index >= 15 is 0 Å². The molecule has 14 heavy (non-hydrogen) atoms. The van der Waals surface area contributed by atoms with Gasteiger partial charge in [-0.3, -0.25) is 4.79 Å². The molecule has 3 nitrogen and oxygen atoms in total. The molecule has 0 radical (unpaired) electrons. The largest absolute Gasteiger partial charge is 0.387 e. The Morgan fingerprint density at radius 1 is 1.43 bits per heavy atom. The highest BCUT2D eigenvalue weighted by Gasteiger charge is 2.02. The number of halogens is 2. The van der Waals surface area contributed by atoms with Crippen LogP contribution in [0.3, 0.4) is 0 Å². The van der Waals surface area contributed by atoms with Gasteiger partial charge in [-0.2, -0.15) is 0 Å². The first-order valence-corrected chi connectivity index (χ1v) is 4.70. The normalized spacial score (nSPS) is 9.93. The predicted molar refractivity (Wildman–Crippen MR) is 55.4 cm³/mol. The molecule has 0 bridgehead atoms. The number of benzene rings is 1. The lowest BCUT2D eigenvalue weighted by Crippen LogP contribution is -2.25. The Kier molecular flexibility index (Phi) is 4.20. The summed E-state index contributed by atoms with van der Waals surface area (Å²) in [6.45, 7) is -0.236. The number of carbonyl (C=O) groups is 1. The van der Waals surface area contributed by atoms with E-state index in [4.69, 9.17) is 28.3 Å². The predicted octanol–water partition coefficient (Wildman–Crippen LogP) is 1.60. The molecule has 0 aliphatic carbocycles. The van der Waals surface area contributed by atoms with Gasteiger partial charge in [0, 0.05) is 16.6 Å². The van der Waals surface area contributed by atoms with Crippen molar-refractivity contribution in [3.8, 4) is 0 Å². The Morgan fingerprint density at radius 3 is 2.71 bits per heavy atom. The maximum absolute atomic E-state index is 10.7. The van der Waals surface area contributed by atoms with Crippen LogP contribution in [0.5, 0.6) is 0 Å². The molecule has 0 aliphatic rings. The van der Waals surface area contributed by atoms with Crippen LogP contribution in [0.15, 0.2) is 18.2 Å². The van der Waals surface area contributed by atoms with E-state index in [9.17, 15) is 4.79 Å². The molecular weight excluding hydrogens is 225 g/mol. The van der Waals surface area contributed by atoms with Crippen molar-refractivity contribution >= 4 is 29.1 Å². The van der Waals surface area contributed by atoms with Crippen molar-refractivity contribution in [1.82, 2.24) is 5.32 Å². The third kappa shape index (κ3) is 3.18. The molecular formula is C9H9Cl2NO2. The van der Waals surface area contributed by atoms with E-state index in [1.807, 2.05) is 0 Å². The van der Waals surface area contributed by atoms with E-state index < -0.39 is 12.5 Å². The zero-order valence-electron chi connectivity index (χ0n) is 7.26. The van der Waals surface area contributed by atoms with Gasteiger partial charge in [0.1, 0.15) is 6.61 Å². The minimum atomic E-state index is -0.523. The van der Waals surface area contributed by atoms with Gasteiger partial charge in [0.15, 0.2) is 0 Å². The molecule has 2 N–H and O–H groups in total. The quantitative estimate of drug-likeness (QED) is 0.834. The van der Waals surface area contributed by atoms with E-state index in [1.165, 1.54) is 0 Å². The molecule has 1 aromatic carbocycles. The van der Waals surface area contributed by atoms with Gasteiger partial charge in [0.2, 0.25) is 5.91 Å². The Balaban J connectivity index is 2.63. The minimum absolute atomic E-state index is 0.287. The Morgan fingerprint density at radius 2 is 2.14 bits per heavy atom. The van der Waals surface area contributed by atoms with E-state index in [-0.39, 0.29) is 6.54 Å². The van der Waals surface area contributed by atoms with E-state index in [0.29, 0.717) is 10.0 Å². The molecule has 0 saturated carbocycles. The van der Waals surface area contributed by atoms with Gasteiger partial charge in [-0.1, -0.05) is 29.3 Å². The molecule has 76 valence electrons. The zero-order chi connectivity index (χ0) is 10.6. The Bertz CT molecular complexity index is 342. The van der Waals surface area contributed by atoms with Gasteiger partial charge in [-0.05, 0) is 17.7 Å². The molecule has 0 heterocycles. The van der Waals surface area contributed by atoms with Gasteiger partial charge in [0.05, 0.1) is 0 Å². The van der Waals surface area contributed by atoms with Gasteiger partial charge in [0.25, 0.3) is 0 Å². The molecule has 0 atom stereocenters. The second-order valence-corrected chi connectivity index (χ2v) is 3.51. The maximum atomic E-state index is 10.7. The average Bonchev–Trinajstić information content (AvgIpc) is 2.16. The second kappa shape index (κ2) is 5.20. The summed E-state index contributed by atoms with van der Waals surface area (Å²) in [5.41, 5.74) is 0.762. The van der Waals surface area contributed by atoms with Crippen LogP contribution in [0.4, 0.5) is 0 Å². The number of hydrogen-bond acceptors (Lipinski definition) is 2. The van der Waals surface area contributed by atoms with E-state index in [2.05, 4.69) is 5.32 Å². The lowest BCUT2D eigenvalue weighted by Gasteiger charge is -2.05. The van der Waals surface area contributed by atoms with Crippen LogP contribution >= 0.6 is 23.2 Å². The smallest absolute Gasteiger partial charge is 0.245 e. The summed E-state index contributed by atoms with van der Waals surface area (Å²) in [6.07, 6.45) is 0. The molecule has 1 aromatic rings. The van der Waals surface area contributed by atoms with Crippen LogP contribution in [0.25, 0.3) is 0 Å². The molecule has 0 aliphatic heterocycles. The van der Waals surface area contributed by atoms with Crippen LogP contribution in [0.1, 0.15) is 5.56 Å². The number of carbonyl (C=O) groups excluding carboxylic acids is 1. The minimum Gasteiger partial charge on any atom is -0.387 e. The molecule has 1 amide bonds. The van der Waals surface area contributed by atoms with Crippen molar-refractivity contribution in [3.63, 3.8) is 0 Å². The second-order valence-electron chi connectivity index (χ2n) is 2.67. The fraction of sp³-hybridized carbons (Fsp3) is 0.222. The van der Waals surface area contributed by atoms with Crippen molar-refractivity contribution in [2.24, 2.45) is 0 Å². The highest BCUT2D eigenvalue weighted by atomic mass is 35.5. The van der Waals surface area contributed by atoms with E-state index in [0.717, 1.165) is 5.56 Å². The fourth-order valence-corrected chi connectivity index (χ4v) is 1.39. The third-order valence-corrected chi connectivity index (χ3v) is 2.22. The number of aliphatic hydroxyl groups excluding tert-OH is 1. The van der Waals surface area contributed by atoms with Gasteiger partial charge in [-0.15, -0.1) is 0 Å². The number of amides is 1. The van der Waals surface area contributed by atoms with Crippen LogP contribution < -0.4 is 5.32 Å². The lowest BCUT2D eigenvalue weighted by atomic mass is 10.2. The summed E-state index contributed by atoms with van der Waals surface area (Å²) in [5, 5.41) is 12.0. The monoisotopic (exact) mass is 233 g/mol. The SMILES string of the molecule is O=C(CO)NCc1ccc(Cl)cc1Cl. The summed E-state index contributed by atoms with van der Waals surface area (Å²) in [4.78, 5) is 10.7. The Labute approximate surface area is 91.6 Å². The number of nitrogens with one attached hydrogen (secondary N) is 1. The molecule has 0 fully saturated rings. The average molecular weight is 234 g/mol. The first kappa shape index (κ1) is 11.3. The first-order chi connectivity index (χ1) is 6.63. The highest BCUT2D eigenvalue weighted by Crippen LogP contribution is 2.20. The van der Waals surface area contributed by atoms with Crippen LogP contribution in [-0.2, 0) is 11.3 Å². The topological polar surface area (TPSA) is 49.3 Å². The summed E-state index contributed by atoms with van der Waals surface area (Å²) < 4.78 is 0. The molecule has 1 rings (SSSR count). The van der Waals surface area contributed by atoms with Crippen molar-refractivity contribution in [2.75, 3.05) is 6.61 Å². The Hall–Kier alpha value is -0.770. The van der Waals surface area contributed by atoms with Crippen LogP contribution in [0, 0.1) is 0 Å². The molecule has 0 spiro atoms. The van der Waals surface area contributed by atoms with Gasteiger partial charge in [-0.25, -0.2) is 0 Å². The van der Waals surface area contributed by atoms with Crippen molar-refractivity contribution in [3.05, 3.63) is 33.8 Å². The maximum Gasteiger partial charge on any atom is 0.245 e. The summed E-state index contributed by atoms with van der Waals surface area (Å²) >= 11 is 11.6. The number of rotatable bonds is 3. The summed E-state index contributed by atoms with van der Waals surface area (Å²) in [7, 11) is 0. The highest BCUT2D eigenvalue weighted by molar-refractivity contribution is 6.35. The van der Waals surface area contributed by atoms with Crippen molar-refractivity contribution in [1.29, 1.82) is 0 Å². The molecule has 0 unspecified atom stereocenters. The van der Waals surface area contributed by atoms with E-state index in [1.54, 1.807) is 18.2 Å². The molecule has 0 aromatic heterocycles. The van der Waals surface area contributed by atoms with Gasteiger partial charge >= 0.3 is 0 Å². The molecule has 0 saturated heterocycles. The number of aliphatic hydroxyl groups is 1. The number of hydrogen-bond donors (Lipinski definition) is 2. The van der Waals surface area contributed by atoms with Gasteiger partial charge < -0.3 is 10.4 Å². The summed E-state index contributed by atoms with van der Waals surface area (Å²) in [6, 6.07) is 5.01. The third-order valence-electron chi connectivity index (χ3n) is 1.63. The standard InChI is InChI=1S/C9H9Cl2NO2/c10-7-2-1-6(8(11)3-7)4-12-9(14)5-13/h1-3,13H,4-5H2,(H,12,14). The molecule has 5 heteroatoms. The first-order valence-electron chi connectivity index (χ1n) is 3.95. The van der Waals surface area contributed by atoms with Crippen LogP contribution in [-0.4, -0.2) is 17.6 Å². The van der Waals surface area contributed by atoms with Crippen LogP contribution in [0.2, 0.25) is 10.0 Å². The van der Waals surface area contributed by atoms with Crippen molar-refractivity contribution < 1.29 is 9.90 Å². The lowest BCUT2D eigenvalue weighted by molar-refractivity contribution is -0.123. The summed E-state index contributed by atoms with van der Waals surface area (Å²) in [5.74, 6) is -0.434. The fourth-order valence-electron chi connectivity index (χ4n) is 0.915.